The third kappa shape index (κ3) is 1.28. The van der Waals surface area contributed by atoms with Crippen molar-refractivity contribution in [2.45, 2.75) is 13.3 Å². The van der Waals surface area contributed by atoms with Gasteiger partial charge in [-0.3, -0.25) is 0 Å². The smallest absolute Gasteiger partial charge is 0.176 e. The lowest BCUT2D eigenvalue weighted by molar-refractivity contribution is 0.497. The lowest BCUT2D eigenvalue weighted by atomic mass is 10.1. The SMILES string of the molecule is CCc1ccc(C#N)c(F)c1F. The van der Waals surface area contributed by atoms with Gasteiger partial charge < -0.3 is 0 Å². The van der Waals surface area contributed by atoms with E-state index < -0.39 is 11.6 Å². The predicted octanol–water partition coefficient (Wildman–Crippen LogP) is 2.40. The van der Waals surface area contributed by atoms with Gasteiger partial charge in [0, 0.05) is 0 Å². The lowest BCUT2D eigenvalue weighted by Gasteiger charge is -2.00. The molecule has 0 saturated heterocycles. The maximum absolute atomic E-state index is 12.9. The van der Waals surface area contributed by atoms with Gasteiger partial charge in [-0.2, -0.15) is 5.26 Å². The Morgan fingerprint density at radius 1 is 1.33 bits per heavy atom. The molecule has 0 N–H and O–H groups in total. The summed E-state index contributed by atoms with van der Waals surface area (Å²) in [6.45, 7) is 1.73. The third-order valence-electron chi connectivity index (χ3n) is 1.66. The van der Waals surface area contributed by atoms with E-state index in [2.05, 4.69) is 0 Å². The van der Waals surface area contributed by atoms with Gasteiger partial charge in [-0.1, -0.05) is 13.0 Å². The molecule has 0 aromatic heterocycles. The van der Waals surface area contributed by atoms with E-state index in [0.717, 1.165) is 0 Å². The second-order valence-corrected chi connectivity index (χ2v) is 2.37. The molecule has 0 aliphatic rings. The second-order valence-electron chi connectivity index (χ2n) is 2.37. The number of hydrogen-bond acceptors (Lipinski definition) is 1. The van der Waals surface area contributed by atoms with Crippen molar-refractivity contribution in [3.8, 4) is 6.07 Å². The van der Waals surface area contributed by atoms with Gasteiger partial charge >= 0.3 is 0 Å². The molecule has 0 atom stereocenters. The standard InChI is InChI=1S/C9H7F2N/c1-2-6-3-4-7(5-12)9(11)8(6)10/h3-4H,2H2,1H3. The predicted molar refractivity (Wildman–Crippen MR) is 40.5 cm³/mol. The minimum absolute atomic E-state index is 0.246. The molecule has 0 saturated carbocycles. The molecule has 3 heteroatoms. The van der Waals surface area contributed by atoms with E-state index in [1.807, 2.05) is 0 Å². The molecule has 0 radical (unpaired) electrons. The van der Waals surface area contributed by atoms with E-state index in [9.17, 15) is 8.78 Å². The molecule has 0 heterocycles. The summed E-state index contributed by atoms with van der Waals surface area (Å²) in [5, 5.41) is 8.35. The number of nitrogens with zero attached hydrogens (tertiary/aromatic N) is 1. The summed E-state index contributed by atoms with van der Waals surface area (Å²) >= 11 is 0. The van der Waals surface area contributed by atoms with Crippen molar-refractivity contribution < 1.29 is 8.78 Å². The number of halogens is 2. The van der Waals surface area contributed by atoms with Crippen molar-refractivity contribution in [3.05, 3.63) is 34.9 Å². The van der Waals surface area contributed by atoms with Gasteiger partial charge in [0.05, 0.1) is 5.56 Å². The highest BCUT2D eigenvalue weighted by Crippen LogP contribution is 2.15. The van der Waals surface area contributed by atoms with E-state index in [1.54, 1.807) is 13.0 Å². The van der Waals surface area contributed by atoms with E-state index in [-0.39, 0.29) is 5.56 Å². The molecule has 0 bridgehead atoms. The fourth-order valence-corrected chi connectivity index (χ4v) is 0.949. The van der Waals surface area contributed by atoms with Crippen molar-refractivity contribution in [2.24, 2.45) is 0 Å². The van der Waals surface area contributed by atoms with Crippen molar-refractivity contribution >= 4 is 0 Å². The first-order valence-electron chi connectivity index (χ1n) is 3.57. The second kappa shape index (κ2) is 3.31. The van der Waals surface area contributed by atoms with Crippen LogP contribution in [0, 0.1) is 23.0 Å². The average Bonchev–Trinajstić information content (AvgIpc) is 2.10. The number of aryl methyl sites for hydroxylation is 1. The van der Waals surface area contributed by atoms with Crippen LogP contribution in [0.1, 0.15) is 18.1 Å². The third-order valence-corrected chi connectivity index (χ3v) is 1.66. The van der Waals surface area contributed by atoms with E-state index in [4.69, 9.17) is 5.26 Å². The van der Waals surface area contributed by atoms with Crippen LogP contribution in [0.4, 0.5) is 8.78 Å². The van der Waals surface area contributed by atoms with Crippen LogP contribution in [0.2, 0.25) is 0 Å². The summed E-state index contributed by atoms with van der Waals surface area (Å²) in [4.78, 5) is 0. The molecule has 0 aliphatic carbocycles. The zero-order valence-corrected chi connectivity index (χ0v) is 6.56. The Labute approximate surface area is 69.2 Å². The van der Waals surface area contributed by atoms with E-state index >= 15 is 0 Å². The molecule has 0 unspecified atom stereocenters. The molecule has 0 aliphatic heterocycles. The molecule has 62 valence electrons. The summed E-state index contributed by atoms with van der Waals surface area (Å²) < 4.78 is 25.8. The Kier molecular flexibility index (Phi) is 2.39. The zero-order valence-electron chi connectivity index (χ0n) is 6.56. The van der Waals surface area contributed by atoms with Crippen molar-refractivity contribution in [1.82, 2.24) is 0 Å². The highest BCUT2D eigenvalue weighted by atomic mass is 19.2. The van der Waals surface area contributed by atoms with Crippen LogP contribution < -0.4 is 0 Å². The summed E-state index contributed by atoms with van der Waals surface area (Å²) in [7, 11) is 0. The summed E-state index contributed by atoms with van der Waals surface area (Å²) in [6.07, 6.45) is 0.425. The molecule has 1 nitrogen and oxygen atoms in total. The molecule has 12 heavy (non-hydrogen) atoms. The highest BCUT2D eigenvalue weighted by molar-refractivity contribution is 5.34. The number of hydrogen-bond donors (Lipinski definition) is 0. The Morgan fingerprint density at radius 2 is 2.00 bits per heavy atom. The number of nitriles is 1. The number of benzene rings is 1. The Hall–Kier alpha value is -1.43. The number of rotatable bonds is 1. The molecular formula is C9H7F2N. The molecule has 0 amide bonds. The van der Waals surface area contributed by atoms with E-state index in [0.29, 0.717) is 12.0 Å². The van der Waals surface area contributed by atoms with Crippen LogP contribution in [-0.2, 0) is 6.42 Å². The highest BCUT2D eigenvalue weighted by Gasteiger charge is 2.10. The van der Waals surface area contributed by atoms with Gasteiger partial charge in [-0.25, -0.2) is 8.78 Å². The van der Waals surface area contributed by atoms with Crippen molar-refractivity contribution in [3.63, 3.8) is 0 Å². The summed E-state index contributed by atoms with van der Waals surface area (Å²) in [6, 6.07) is 4.29. The van der Waals surface area contributed by atoms with Crippen LogP contribution in [0.5, 0.6) is 0 Å². The average molecular weight is 167 g/mol. The maximum atomic E-state index is 12.9. The first-order valence-corrected chi connectivity index (χ1v) is 3.57. The zero-order chi connectivity index (χ0) is 9.14. The molecule has 1 aromatic carbocycles. The molecule has 0 spiro atoms. The Morgan fingerprint density at radius 3 is 2.50 bits per heavy atom. The largest absolute Gasteiger partial charge is 0.203 e. The Bertz CT molecular complexity index is 339. The van der Waals surface area contributed by atoms with Crippen LogP contribution >= 0.6 is 0 Å². The lowest BCUT2D eigenvalue weighted by Crippen LogP contribution is -1.95. The van der Waals surface area contributed by atoms with Crippen molar-refractivity contribution in [1.29, 1.82) is 5.26 Å². The molecule has 1 rings (SSSR count). The van der Waals surface area contributed by atoms with Crippen molar-refractivity contribution in [2.75, 3.05) is 0 Å². The minimum Gasteiger partial charge on any atom is -0.203 e. The van der Waals surface area contributed by atoms with Crippen LogP contribution in [0.25, 0.3) is 0 Å². The fourth-order valence-electron chi connectivity index (χ4n) is 0.949. The summed E-state index contributed by atoms with van der Waals surface area (Å²) in [5.41, 5.74) is 0.0520. The van der Waals surface area contributed by atoms with Gasteiger partial charge in [0.2, 0.25) is 0 Å². The molecular weight excluding hydrogens is 160 g/mol. The maximum Gasteiger partial charge on any atom is 0.176 e. The van der Waals surface area contributed by atoms with E-state index in [1.165, 1.54) is 12.1 Å². The van der Waals surface area contributed by atoms with Gasteiger partial charge in [0.1, 0.15) is 6.07 Å². The van der Waals surface area contributed by atoms with Crippen LogP contribution in [0.3, 0.4) is 0 Å². The van der Waals surface area contributed by atoms with Gasteiger partial charge in [0.15, 0.2) is 11.6 Å². The van der Waals surface area contributed by atoms with Gasteiger partial charge in [0.25, 0.3) is 0 Å². The Balaban J connectivity index is 3.32. The molecule has 1 aromatic rings. The summed E-state index contributed by atoms with van der Waals surface area (Å²) in [5.74, 6) is -1.95. The minimum atomic E-state index is -1.04. The quantitative estimate of drug-likeness (QED) is 0.630. The molecule has 0 fully saturated rings. The first-order chi connectivity index (χ1) is 5.70. The normalized spacial score (nSPS) is 9.50. The van der Waals surface area contributed by atoms with Crippen LogP contribution in [0.15, 0.2) is 12.1 Å². The topological polar surface area (TPSA) is 23.8 Å². The van der Waals surface area contributed by atoms with Gasteiger partial charge in [-0.15, -0.1) is 0 Å². The first kappa shape index (κ1) is 8.66. The van der Waals surface area contributed by atoms with Crippen LogP contribution in [-0.4, -0.2) is 0 Å². The monoisotopic (exact) mass is 167 g/mol. The fraction of sp³-hybridized carbons (Fsp3) is 0.222. The van der Waals surface area contributed by atoms with Gasteiger partial charge in [-0.05, 0) is 18.1 Å².